The lowest BCUT2D eigenvalue weighted by atomic mass is 10.2. The number of hydrogen-bond donors (Lipinski definition) is 2. The molecule has 0 spiro atoms. The van der Waals surface area contributed by atoms with Crippen LogP contribution in [0.4, 0.5) is 17.1 Å². The first-order valence-corrected chi connectivity index (χ1v) is 9.06. The number of rotatable bonds is 9. The first kappa shape index (κ1) is 21.2. The Morgan fingerprint density at radius 2 is 1.89 bits per heavy atom. The minimum absolute atomic E-state index is 0.0863. The highest BCUT2D eigenvalue weighted by molar-refractivity contribution is 5.93. The number of carbonyl (C=O) groups is 1. The van der Waals surface area contributed by atoms with Crippen LogP contribution in [0.1, 0.15) is 12.5 Å². The van der Waals surface area contributed by atoms with Gasteiger partial charge < -0.3 is 19.9 Å². The number of non-ortho nitro benzene ring substituents is 1. The van der Waals surface area contributed by atoms with Crippen LogP contribution in [-0.2, 0) is 11.3 Å². The molecule has 0 radical (unpaired) electrons. The van der Waals surface area contributed by atoms with Gasteiger partial charge in [-0.15, -0.1) is 0 Å². The number of nitrogens with one attached hydrogen (secondary N) is 2. The zero-order valence-corrected chi connectivity index (χ0v) is 16.7. The Morgan fingerprint density at radius 1 is 1.21 bits per heavy atom. The van der Waals surface area contributed by atoms with Crippen molar-refractivity contribution >= 4 is 23.0 Å². The summed E-state index contributed by atoms with van der Waals surface area (Å²) in [6, 6.07) is 12.4. The Morgan fingerprint density at radius 3 is 2.43 bits per heavy atom. The smallest absolute Gasteiger partial charge is 0.279 e. The third kappa shape index (κ3) is 5.68. The van der Waals surface area contributed by atoms with Crippen LogP contribution in [0.2, 0.25) is 0 Å². The predicted octanol–water partition coefficient (Wildman–Crippen LogP) is 1.71. The van der Waals surface area contributed by atoms with E-state index in [2.05, 4.69) is 29.6 Å². The number of quaternary nitrogens is 1. The van der Waals surface area contributed by atoms with Crippen molar-refractivity contribution < 1.29 is 19.4 Å². The molecule has 0 aromatic heterocycles. The summed E-state index contributed by atoms with van der Waals surface area (Å²) in [6.07, 6.45) is 0. The molecular weight excluding hydrogens is 360 g/mol. The Hall–Kier alpha value is -3.13. The highest BCUT2D eigenvalue weighted by atomic mass is 16.6. The lowest BCUT2D eigenvalue weighted by molar-refractivity contribution is -0.903. The molecule has 1 atom stereocenters. The number of nitro benzene ring substituents is 1. The zero-order chi connectivity index (χ0) is 20.7. The predicted molar refractivity (Wildman–Crippen MR) is 109 cm³/mol. The lowest BCUT2D eigenvalue weighted by Gasteiger charge is -2.19. The summed E-state index contributed by atoms with van der Waals surface area (Å²) in [7, 11) is 5.40. The summed E-state index contributed by atoms with van der Waals surface area (Å²) < 4.78 is 5.16. The van der Waals surface area contributed by atoms with Crippen molar-refractivity contribution in [3.05, 3.63) is 58.1 Å². The number of amides is 1. The summed E-state index contributed by atoms with van der Waals surface area (Å²) >= 11 is 0. The van der Waals surface area contributed by atoms with E-state index in [0.29, 0.717) is 5.69 Å². The molecule has 0 bridgehead atoms. The van der Waals surface area contributed by atoms with Crippen molar-refractivity contribution in [3.8, 4) is 5.75 Å². The quantitative estimate of drug-likeness (QED) is 0.505. The van der Waals surface area contributed by atoms with Gasteiger partial charge in [0.25, 0.3) is 11.6 Å². The van der Waals surface area contributed by atoms with Gasteiger partial charge in [0, 0.05) is 31.4 Å². The van der Waals surface area contributed by atoms with Crippen LogP contribution in [0, 0.1) is 10.1 Å². The monoisotopic (exact) mass is 387 g/mol. The van der Waals surface area contributed by atoms with Crippen molar-refractivity contribution in [2.75, 3.05) is 44.5 Å². The van der Waals surface area contributed by atoms with Gasteiger partial charge in [0.15, 0.2) is 6.54 Å². The second-order valence-corrected chi connectivity index (χ2v) is 6.71. The fraction of sp³-hybridized carbons (Fsp3) is 0.350. The Bertz CT molecular complexity index is 821. The molecule has 0 aliphatic rings. The molecule has 2 rings (SSSR count). The molecule has 1 unspecified atom stereocenters. The number of likely N-dealkylation sites (N-methyl/N-ethyl adjacent to an activating group) is 1. The van der Waals surface area contributed by atoms with Gasteiger partial charge in [-0.2, -0.15) is 0 Å². The number of nitro groups is 1. The maximum atomic E-state index is 12.5. The van der Waals surface area contributed by atoms with E-state index in [9.17, 15) is 14.9 Å². The van der Waals surface area contributed by atoms with Crippen molar-refractivity contribution in [2.45, 2.75) is 13.5 Å². The highest BCUT2D eigenvalue weighted by Crippen LogP contribution is 2.28. The van der Waals surface area contributed by atoms with E-state index < -0.39 is 4.92 Å². The Balaban J connectivity index is 2.01. The van der Waals surface area contributed by atoms with Crippen LogP contribution in [0.5, 0.6) is 5.75 Å². The summed E-state index contributed by atoms with van der Waals surface area (Å²) in [6.45, 7) is 3.84. The second-order valence-electron chi connectivity index (χ2n) is 6.71. The van der Waals surface area contributed by atoms with E-state index in [1.165, 1.54) is 25.3 Å². The largest absolute Gasteiger partial charge is 0.494 e. The Labute approximate surface area is 164 Å². The van der Waals surface area contributed by atoms with Crippen LogP contribution in [0.15, 0.2) is 42.5 Å². The molecule has 0 aliphatic heterocycles. The molecule has 0 heterocycles. The molecule has 28 heavy (non-hydrogen) atoms. The molecule has 8 nitrogen and oxygen atoms in total. The van der Waals surface area contributed by atoms with Gasteiger partial charge in [-0.3, -0.25) is 14.9 Å². The zero-order valence-electron chi connectivity index (χ0n) is 16.7. The van der Waals surface area contributed by atoms with Gasteiger partial charge in [-0.1, -0.05) is 12.1 Å². The Kier molecular flexibility index (Phi) is 7.34. The molecule has 0 aliphatic carbocycles. The molecule has 8 heteroatoms. The maximum absolute atomic E-state index is 12.5. The van der Waals surface area contributed by atoms with E-state index in [1.54, 1.807) is 0 Å². The summed E-state index contributed by atoms with van der Waals surface area (Å²) in [5.74, 6) is 0.0915. The number of benzene rings is 2. The number of anilines is 2. The van der Waals surface area contributed by atoms with Gasteiger partial charge in [0.2, 0.25) is 0 Å². The summed E-state index contributed by atoms with van der Waals surface area (Å²) in [5.41, 5.74) is 2.62. The van der Waals surface area contributed by atoms with Gasteiger partial charge in [0.1, 0.15) is 12.3 Å². The number of hydrogen-bond acceptors (Lipinski definition) is 5. The van der Waals surface area contributed by atoms with Crippen LogP contribution < -0.4 is 19.9 Å². The number of ether oxygens (including phenoxy) is 1. The molecule has 0 saturated carbocycles. The first-order valence-electron chi connectivity index (χ1n) is 9.06. The molecule has 2 aromatic rings. The van der Waals surface area contributed by atoms with Crippen LogP contribution >= 0.6 is 0 Å². The SMILES string of the molecule is CC[NH+](CC(=O)Nc1ccc([N+](=O)[O-])cc1OC)Cc1ccc(N(C)C)cc1. The van der Waals surface area contributed by atoms with Gasteiger partial charge >= 0.3 is 0 Å². The lowest BCUT2D eigenvalue weighted by Crippen LogP contribution is -3.11. The molecule has 150 valence electrons. The molecule has 1 amide bonds. The van der Waals surface area contributed by atoms with Gasteiger partial charge in [-0.25, -0.2) is 0 Å². The van der Waals surface area contributed by atoms with E-state index in [1.807, 2.05) is 25.9 Å². The third-order valence-electron chi connectivity index (χ3n) is 4.49. The molecule has 0 fully saturated rings. The summed E-state index contributed by atoms with van der Waals surface area (Å²) in [4.78, 5) is 26.0. The van der Waals surface area contributed by atoms with Crippen molar-refractivity contribution in [3.63, 3.8) is 0 Å². The fourth-order valence-electron chi connectivity index (χ4n) is 2.83. The number of carbonyl (C=O) groups excluding carboxylic acids is 1. The number of methoxy groups -OCH3 is 1. The molecule has 2 aromatic carbocycles. The fourth-order valence-corrected chi connectivity index (χ4v) is 2.83. The van der Waals surface area contributed by atoms with Gasteiger partial charge in [-0.05, 0) is 25.1 Å². The molecule has 0 saturated heterocycles. The van der Waals surface area contributed by atoms with E-state index in [-0.39, 0.29) is 23.9 Å². The van der Waals surface area contributed by atoms with Crippen LogP contribution in [0.25, 0.3) is 0 Å². The van der Waals surface area contributed by atoms with Crippen molar-refractivity contribution in [1.82, 2.24) is 0 Å². The minimum atomic E-state index is -0.501. The average molecular weight is 387 g/mol. The van der Waals surface area contributed by atoms with Crippen LogP contribution in [-0.4, -0.2) is 45.1 Å². The van der Waals surface area contributed by atoms with Crippen molar-refractivity contribution in [1.29, 1.82) is 0 Å². The van der Waals surface area contributed by atoms with Gasteiger partial charge in [0.05, 0.1) is 30.3 Å². The third-order valence-corrected chi connectivity index (χ3v) is 4.49. The highest BCUT2D eigenvalue weighted by Gasteiger charge is 2.17. The summed E-state index contributed by atoms with van der Waals surface area (Å²) in [5, 5.41) is 13.7. The standard InChI is InChI=1S/C20H26N4O4/c1-5-23(13-15-6-8-16(9-7-15)22(2)3)14-20(25)21-18-11-10-17(24(26)27)12-19(18)28-4/h6-12H,5,13-14H2,1-4H3,(H,21,25)/p+1. The van der Waals surface area contributed by atoms with Crippen molar-refractivity contribution in [2.24, 2.45) is 0 Å². The van der Waals surface area contributed by atoms with E-state index in [4.69, 9.17) is 4.74 Å². The first-order chi connectivity index (χ1) is 13.3. The molecular formula is C20H27N4O4+. The minimum Gasteiger partial charge on any atom is -0.494 e. The number of nitrogens with zero attached hydrogens (tertiary/aromatic N) is 2. The van der Waals surface area contributed by atoms with E-state index >= 15 is 0 Å². The topological polar surface area (TPSA) is 89.1 Å². The average Bonchev–Trinajstić information content (AvgIpc) is 2.67. The second kappa shape index (κ2) is 9.70. The maximum Gasteiger partial charge on any atom is 0.279 e. The van der Waals surface area contributed by atoms with E-state index in [0.717, 1.165) is 29.2 Å². The molecule has 2 N–H and O–H groups in total. The van der Waals surface area contributed by atoms with Crippen LogP contribution in [0.3, 0.4) is 0 Å². The normalized spacial score (nSPS) is 11.6.